The van der Waals surface area contributed by atoms with Crippen molar-refractivity contribution in [1.82, 2.24) is 10.6 Å². The molecule has 0 amide bonds. The monoisotopic (exact) mass is 211 g/mol. The quantitative estimate of drug-likeness (QED) is 0.648. The summed E-state index contributed by atoms with van der Waals surface area (Å²) in [5, 5.41) is 7.19. The maximum Gasteiger partial charge on any atom is 0.00683 e. The number of piperidine rings is 1. The Bertz CT molecular complexity index is 170. The van der Waals surface area contributed by atoms with Gasteiger partial charge in [0.2, 0.25) is 0 Å². The largest absolute Gasteiger partial charge is 0.328 e. The molecule has 1 aliphatic carbocycles. The summed E-state index contributed by atoms with van der Waals surface area (Å²) in [6, 6.07) is 1.21. The molecule has 1 saturated heterocycles. The number of hydrogen-bond donors (Lipinski definition) is 3. The van der Waals surface area contributed by atoms with Crippen LogP contribution in [-0.2, 0) is 0 Å². The van der Waals surface area contributed by atoms with Gasteiger partial charge in [-0.15, -0.1) is 0 Å². The Morgan fingerprint density at radius 3 is 2.60 bits per heavy atom. The Morgan fingerprint density at radius 2 is 1.93 bits per heavy atom. The van der Waals surface area contributed by atoms with Crippen molar-refractivity contribution >= 4 is 0 Å². The summed E-state index contributed by atoms with van der Waals surface area (Å²) in [5.41, 5.74) is 5.90. The van der Waals surface area contributed by atoms with Crippen molar-refractivity contribution in [2.24, 2.45) is 11.7 Å². The van der Waals surface area contributed by atoms with Crippen LogP contribution in [0, 0.1) is 5.92 Å². The molecule has 0 aromatic rings. The van der Waals surface area contributed by atoms with E-state index in [0.29, 0.717) is 6.04 Å². The molecule has 0 aromatic carbocycles. The first-order valence-electron chi connectivity index (χ1n) is 6.54. The van der Waals surface area contributed by atoms with Crippen LogP contribution >= 0.6 is 0 Å². The van der Waals surface area contributed by atoms with Crippen molar-refractivity contribution in [1.29, 1.82) is 0 Å². The third-order valence-electron chi connectivity index (χ3n) is 3.87. The summed E-state index contributed by atoms with van der Waals surface area (Å²) >= 11 is 0. The highest BCUT2D eigenvalue weighted by atomic mass is 14.9. The van der Waals surface area contributed by atoms with Crippen LogP contribution in [0.5, 0.6) is 0 Å². The molecule has 15 heavy (non-hydrogen) atoms. The minimum atomic E-state index is 0.472. The van der Waals surface area contributed by atoms with Crippen molar-refractivity contribution in [2.45, 2.75) is 50.6 Å². The van der Waals surface area contributed by atoms with E-state index in [1.54, 1.807) is 0 Å². The van der Waals surface area contributed by atoms with E-state index in [4.69, 9.17) is 5.73 Å². The third kappa shape index (κ3) is 3.74. The molecule has 0 aromatic heterocycles. The maximum atomic E-state index is 5.90. The van der Waals surface area contributed by atoms with Crippen molar-refractivity contribution in [3.8, 4) is 0 Å². The van der Waals surface area contributed by atoms with Crippen LogP contribution in [0.1, 0.15) is 38.5 Å². The first-order valence-corrected chi connectivity index (χ1v) is 6.54. The lowest BCUT2D eigenvalue weighted by Gasteiger charge is -2.30. The van der Waals surface area contributed by atoms with Gasteiger partial charge in [-0.05, 0) is 64.1 Å². The van der Waals surface area contributed by atoms with Gasteiger partial charge in [0.15, 0.2) is 0 Å². The molecule has 3 heteroatoms. The highest BCUT2D eigenvalue weighted by Crippen LogP contribution is 2.17. The summed E-state index contributed by atoms with van der Waals surface area (Å²) in [4.78, 5) is 0. The van der Waals surface area contributed by atoms with Gasteiger partial charge >= 0.3 is 0 Å². The zero-order valence-corrected chi connectivity index (χ0v) is 9.67. The van der Waals surface area contributed by atoms with Crippen LogP contribution in [0.25, 0.3) is 0 Å². The standard InChI is InChI=1S/C12H25N3/c13-11-3-5-12(6-4-11)15-9-10-2-1-7-14-8-10/h10-12,14-15H,1-9,13H2. The third-order valence-corrected chi connectivity index (χ3v) is 3.87. The smallest absolute Gasteiger partial charge is 0.00683 e. The Morgan fingerprint density at radius 1 is 1.13 bits per heavy atom. The maximum absolute atomic E-state index is 5.90. The highest BCUT2D eigenvalue weighted by molar-refractivity contribution is 4.80. The number of nitrogens with one attached hydrogen (secondary N) is 2. The molecular formula is C12H25N3. The molecule has 2 rings (SSSR count). The highest BCUT2D eigenvalue weighted by Gasteiger charge is 2.19. The molecule has 4 N–H and O–H groups in total. The van der Waals surface area contributed by atoms with E-state index in [1.165, 1.54) is 58.2 Å². The fourth-order valence-electron chi connectivity index (χ4n) is 2.75. The lowest BCUT2D eigenvalue weighted by molar-refractivity contribution is 0.299. The summed E-state index contributed by atoms with van der Waals surface area (Å²) < 4.78 is 0. The van der Waals surface area contributed by atoms with Gasteiger partial charge in [0.25, 0.3) is 0 Å². The summed E-state index contributed by atoms with van der Waals surface area (Å²) in [6.07, 6.45) is 7.72. The molecule has 3 nitrogen and oxygen atoms in total. The molecule has 2 aliphatic rings. The molecular weight excluding hydrogens is 186 g/mol. The van der Waals surface area contributed by atoms with Crippen molar-refractivity contribution in [3.05, 3.63) is 0 Å². The van der Waals surface area contributed by atoms with Gasteiger partial charge in [0.1, 0.15) is 0 Å². The van der Waals surface area contributed by atoms with Gasteiger partial charge in [-0.25, -0.2) is 0 Å². The van der Waals surface area contributed by atoms with E-state index in [0.717, 1.165) is 12.0 Å². The molecule has 1 unspecified atom stereocenters. The van der Waals surface area contributed by atoms with Crippen molar-refractivity contribution in [2.75, 3.05) is 19.6 Å². The molecule has 1 aliphatic heterocycles. The zero-order chi connectivity index (χ0) is 10.5. The van der Waals surface area contributed by atoms with Crippen LogP contribution in [0.15, 0.2) is 0 Å². The first kappa shape index (κ1) is 11.4. The first-order chi connectivity index (χ1) is 7.34. The minimum absolute atomic E-state index is 0.472. The normalized spacial score (nSPS) is 37.8. The Labute approximate surface area is 93.2 Å². The fourth-order valence-corrected chi connectivity index (χ4v) is 2.75. The van der Waals surface area contributed by atoms with E-state index < -0.39 is 0 Å². The van der Waals surface area contributed by atoms with Crippen molar-refractivity contribution in [3.63, 3.8) is 0 Å². The van der Waals surface area contributed by atoms with E-state index in [2.05, 4.69) is 10.6 Å². The lowest BCUT2D eigenvalue weighted by atomic mass is 9.91. The number of nitrogens with two attached hydrogens (primary N) is 1. The average molecular weight is 211 g/mol. The topological polar surface area (TPSA) is 50.1 Å². The number of rotatable bonds is 3. The van der Waals surface area contributed by atoms with Gasteiger partial charge in [-0.2, -0.15) is 0 Å². The predicted molar refractivity (Wildman–Crippen MR) is 63.8 cm³/mol. The van der Waals surface area contributed by atoms with E-state index in [-0.39, 0.29) is 0 Å². The van der Waals surface area contributed by atoms with Gasteiger partial charge in [0, 0.05) is 12.1 Å². The van der Waals surface area contributed by atoms with Gasteiger partial charge < -0.3 is 16.4 Å². The average Bonchev–Trinajstić information content (AvgIpc) is 2.30. The Hall–Kier alpha value is -0.120. The lowest BCUT2D eigenvalue weighted by Crippen LogP contribution is -2.42. The molecule has 1 saturated carbocycles. The second-order valence-corrected chi connectivity index (χ2v) is 5.23. The summed E-state index contributed by atoms with van der Waals surface area (Å²) in [7, 11) is 0. The van der Waals surface area contributed by atoms with Crippen LogP contribution in [0.3, 0.4) is 0 Å². The van der Waals surface area contributed by atoms with Gasteiger partial charge in [0.05, 0.1) is 0 Å². The Kier molecular flexibility index (Phi) is 4.42. The minimum Gasteiger partial charge on any atom is -0.328 e. The Balaban J connectivity index is 1.60. The molecule has 1 atom stereocenters. The summed E-state index contributed by atoms with van der Waals surface area (Å²) in [5.74, 6) is 0.856. The fraction of sp³-hybridized carbons (Fsp3) is 1.00. The SMILES string of the molecule is NC1CCC(NCC2CCCNC2)CC1. The predicted octanol–water partition coefficient (Wildman–Crippen LogP) is 0.845. The van der Waals surface area contributed by atoms with Crippen LogP contribution in [0.2, 0.25) is 0 Å². The molecule has 0 spiro atoms. The zero-order valence-electron chi connectivity index (χ0n) is 9.67. The van der Waals surface area contributed by atoms with Crippen LogP contribution in [-0.4, -0.2) is 31.7 Å². The van der Waals surface area contributed by atoms with Crippen molar-refractivity contribution < 1.29 is 0 Å². The van der Waals surface area contributed by atoms with E-state index in [1.807, 2.05) is 0 Å². The summed E-state index contributed by atoms with van der Waals surface area (Å²) in [6.45, 7) is 3.63. The van der Waals surface area contributed by atoms with Gasteiger partial charge in [-0.3, -0.25) is 0 Å². The second-order valence-electron chi connectivity index (χ2n) is 5.23. The van der Waals surface area contributed by atoms with Gasteiger partial charge in [-0.1, -0.05) is 0 Å². The molecule has 0 bridgehead atoms. The molecule has 2 fully saturated rings. The molecule has 88 valence electrons. The van der Waals surface area contributed by atoms with Crippen LogP contribution in [0.4, 0.5) is 0 Å². The molecule has 0 radical (unpaired) electrons. The number of hydrogen-bond acceptors (Lipinski definition) is 3. The second kappa shape index (κ2) is 5.83. The van der Waals surface area contributed by atoms with E-state index >= 15 is 0 Å². The molecule has 1 heterocycles. The van der Waals surface area contributed by atoms with E-state index in [9.17, 15) is 0 Å². The van der Waals surface area contributed by atoms with Crippen LogP contribution < -0.4 is 16.4 Å².